The lowest BCUT2D eigenvalue weighted by atomic mass is 10.1. The molecule has 2 heterocycles. The fourth-order valence-electron chi connectivity index (χ4n) is 3.87. The van der Waals surface area contributed by atoms with Crippen molar-refractivity contribution < 1.29 is 4.79 Å². The van der Waals surface area contributed by atoms with Crippen molar-refractivity contribution in [3.63, 3.8) is 0 Å². The summed E-state index contributed by atoms with van der Waals surface area (Å²) in [5.74, 6) is 0.0900. The van der Waals surface area contributed by atoms with Crippen molar-refractivity contribution in [2.75, 3.05) is 49.1 Å². The molecule has 4 nitrogen and oxygen atoms in total. The Kier molecular flexibility index (Phi) is 4.70. The van der Waals surface area contributed by atoms with Crippen LogP contribution in [-0.2, 0) is 0 Å². The topological polar surface area (TPSA) is 26.8 Å². The molecule has 2 aliphatic heterocycles. The van der Waals surface area contributed by atoms with Crippen LogP contribution in [0.2, 0.25) is 0 Å². The number of hydrogen-bond acceptors (Lipinski definition) is 3. The Hall–Kier alpha value is -2.33. The molecule has 0 spiro atoms. The van der Waals surface area contributed by atoms with Gasteiger partial charge in [-0.15, -0.1) is 0 Å². The van der Waals surface area contributed by atoms with Gasteiger partial charge in [0, 0.05) is 31.7 Å². The van der Waals surface area contributed by atoms with Crippen LogP contribution in [0.1, 0.15) is 23.2 Å². The summed E-state index contributed by atoms with van der Waals surface area (Å²) < 4.78 is 0. The predicted octanol–water partition coefficient (Wildman–Crippen LogP) is 3.25. The summed E-state index contributed by atoms with van der Waals surface area (Å²) in [6.45, 7) is 6.24. The van der Waals surface area contributed by atoms with Crippen LogP contribution in [0.3, 0.4) is 0 Å². The van der Waals surface area contributed by atoms with Crippen LogP contribution in [0, 0.1) is 0 Å². The minimum absolute atomic E-state index is 0.0900. The molecule has 0 unspecified atom stereocenters. The zero-order valence-electron chi connectivity index (χ0n) is 14.6. The minimum atomic E-state index is 0.0900. The largest absolute Gasteiger partial charge is 0.367 e. The number of amides is 1. The highest BCUT2D eigenvalue weighted by Gasteiger charge is 2.27. The second-order valence-electron chi connectivity index (χ2n) is 6.85. The Morgan fingerprint density at radius 1 is 0.760 bits per heavy atom. The van der Waals surface area contributed by atoms with Gasteiger partial charge in [0.2, 0.25) is 0 Å². The number of para-hydroxylation sites is 2. The number of rotatable bonds is 4. The summed E-state index contributed by atoms with van der Waals surface area (Å²) >= 11 is 0. The Balaban J connectivity index is 1.53. The van der Waals surface area contributed by atoms with Crippen LogP contribution in [-0.4, -0.2) is 50.1 Å². The smallest absolute Gasteiger partial charge is 0.258 e. The first kappa shape index (κ1) is 16.2. The Bertz CT molecular complexity index is 725. The van der Waals surface area contributed by atoms with Crippen LogP contribution < -0.4 is 9.80 Å². The van der Waals surface area contributed by atoms with Crippen LogP contribution in [0.15, 0.2) is 54.6 Å². The van der Waals surface area contributed by atoms with Gasteiger partial charge >= 0.3 is 0 Å². The zero-order chi connectivity index (χ0) is 17.1. The first-order chi connectivity index (χ1) is 12.3. The molecule has 0 N–H and O–H groups in total. The molecule has 0 aliphatic carbocycles. The van der Waals surface area contributed by atoms with Gasteiger partial charge in [0.05, 0.1) is 11.4 Å². The normalized spacial score (nSPS) is 17.6. The highest BCUT2D eigenvalue weighted by atomic mass is 16.2. The summed E-state index contributed by atoms with van der Waals surface area (Å²) in [6.07, 6.45) is 2.66. The third-order valence-corrected chi connectivity index (χ3v) is 5.26. The van der Waals surface area contributed by atoms with Gasteiger partial charge in [-0.25, -0.2) is 0 Å². The Labute approximate surface area is 149 Å². The molecule has 2 aromatic carbocycles. The number of carbonyl (C=O) groups is 1. The van der Waals surface area contributed by atoms with Crippen LogP contribution in [0.25, 0.3) is 0 Å². The van der Waals surface area contributed by atoms with Gasteiger partial charge in [0.15, 0.2) is 0 Å². The number of anilines is 2. The molecular formula is C21H25N3O. The molecule has 25 heavy (non-hydrogen) atoms. The van der Waals surface area contributed by atoms with Gasteiger partial charge in [0.25, 0.3) is 5.91 Å². The van der Waals surface area contributed by atoms with Gasteiger partial charge in [-0.2, -0.15) is 0 Å². The molecular weight excluding hydrogens is 310 g/mol. The molecule has 130 valence electrons. The van der Waals surface area contributed by atoms with Crippen molar-refractivity contribution in [1.82, 2.24) is 4.90 Å². The summed E-state index contributed by atoms with van der Waals surface area (Å²) in [5, 5.41) is 0. The van der Waals surface area contributed by atoms with E-state index in [-0.39, 0.29) is 5.91 Å². The summed E-state index contributed by atoms with van der Waals surface area (Å²) in [5.41, 5.74) is 2.96. The molecule has 1 amide bonds. The summed E-state index contributed by atoms with van der Waals surface area (Å²) in [4.78, 5) is 19.8. The van der Waals surface area contributed by atoms with E-state index >= 15 is 0 Å². The summed E-state index contributed by atoms with van der Waals surface area (Å²) in [7, 11) is 0. The number of hydrogen-bond donors (Lipinski definition) is 0. The predicted molar refractivity (Wildman–Crippen MR) is 102 cm³/mol. The SMILES string of the molecule is O=C(c1ccccc1)N1CCN(CCN2CCCC2)c2ccccc21. The van der Waals surface area contributed by atoms with E-state index in [9.17, 15) is 4.79 Å². The molecule has 0 aromatic heterocycles. The maximum Gasteiger partial charge on any atom is 0.258 e. The molecule has 4 heteroatoms. The average Bonchev–Trinajstić information content (AvgIpc) is 3.20. The zero-order valence-corrected chi connectivity index (χ0v) is 14.6. The maximum absolute atomic E-state index is 12.9. The van der Waals surface area contributed by atoms with E-state index in [2.05, 4.69) is 28.0 Å². The molecule has 0 atom stereocenters. The number of likely N-dealkylation sites (tertiary alicyclic amines) is 1. The van der Waals surface area contributed by atoms with E-state index in [4.69, 9.17) is 0 Å². The minimum Gasteiger partial charge on any atom is -0.367 e. The quantitative estimate of drug-likeness (QED) is 0.858. The number of nitrogens with zero attached hydrogens (tertiary/aromatic N) is 3. The van der Waals surface area contributed by atoms with Gasteiger partial charge in [-0.1, -0.05) is 30.3 Å². The molecule has 1 saturated heterocycles. The molecule has 0 bridgehead atoms. The maximum atomic E-state index is 12.9. The van der Waals surface area contributed by atoms with Gasteiger partial charge in [-0.05, 0) is 50.2 Å². The van der Waals surface area contributed by atoms with Crippen molar-refractivity contribution in [1.29, 1.82) is 0 Å². The fourth-order valence-corrected chi connectivity index (χ4v) is 3.87. The number of benzene rings is 2. The molecule has 2 aromatic rings. The average molecular weight is 335 g/mol. The molecule has 2 aliphatic rings. The highest BCUT2D eigenvalue weighted by Crippen LogP contribution is 2.33. The van der Waals surface area contributed by atoms with Crippen LogP contribution >= 0.6 is 0 Å². The van der Waals surface area contributed by atoms with E-state index in [1.165, 1.54) is 31.6 Å². The molecule has 0 radical (unpaired) electrons. The van der Waals surface area contributed by atoms with Gasteiger partial charge < -0.3 is 14.7 Å². The number of fused-ring (bicyclic) bond motifs is 1. The van der Waals surface area contributed by atoms with E-state index in [0.29, 0.717) is 0 Å². The third kappa shape index (κ3) is 3.40. The standard InChI is InChI=1S/C21H25N3O/c25-21(18-8-2-1-3-9-18)24-17-16-23(15-14-22-12-6-7-13-22)19-10-4-5-11-20(19)24/h1-5,8-11H,6-7,12-17H2. The monoisotopic (exact) mass is 335 g/mol. The second-order valence-corrected chi connectivity index (χ2v) is 6.85. The van der Waals surface area contributed by atoms with Gasteiger partial charge in [0.1, 0.15) is 0 Å². The fraction of sp³-hybridized carbons (Fsp3) is 0.381. The Morgan fingerprint density at radius 2 is 1.44 bits per heavy atom. The van der Waals surface area contributed by atoms with Crippen molar-refractivity contribution in [2.45, 2.75) is 12.8 Å². The first-order valence-corrected chi connectivity index (χ1v) is 9.26. The molecule has 1 fully saturated rings. The lowest BCUT2D eigenvalue weighted by Crippen LogP contribution is -2.46. The van der Waals surface area contributed by atoms with E-state index < -0.39 is 0 Å². The van der Waals surface area contributed by atoms with Crippen molar-refractivity contribution in [3.8, 4) is 0 Å². The first-order valence-electron chi connectivity index (χ1n) is 9.26. The highest BCUT2D eigenvalue weighted by molar-refractivity contribution is 6.08. The Morgan fingerprint density at radius 3 is 2.20 bits per heavy atom. The van der Waals surface area contributed by atoms with E-state index in [0.717, 1.165) is 37.4 Å². The van der Waals surface area contributed by atoms with Crippen molar-refractivity contribution in [2.24, 2.45) is 0 Å². The lowest BCUT2D eigenvalue weighted by molar-refractivity contribution is 0.0986. The third-order valence-electron chi connectivity index (χ3n) is 5.26. The van der Waals surface area contributed by atoms with Crippen molar-refractivity contribution in [3.05, 3.63) is 60.2 Å². The second kappa shape index (κ2) is 7.28. The van der Waals surface area contributed by atoms with Crippen LogP contribution in [0.4, 0.5) is 11.4 Å². The van der Waals surface area contributed by atoms with E-state index in [1.54, 1.807) is 0 Å². The number of carbonyl (C=O) groups excluding carboxylic acids is 1. The van der Waals surface area contributed by atoms with Gasteiger partial charge in [-0.3, -0.25) is 4.79 Å². The molecule has 4 rings (SSSR count). The van der Waals surface area contributed by atoms with E-state index in [1.807, 2.05) is 41.3 Å². The lowest BCUT2D eigenvalue weighted by Gasteiger charge is -2.38. The molecule has 0 saturated carbocycles. The van der Waals surface area contributed by atoms with Crippen molar-refractivity contribution >= 4 is 17.3 Å². The summed E-state index contributed by atoms with van der Waals surface area (Å²) in [6, 6.07) is 17.9. The van der Waals surface area contributed by atoms with Crippen LogP contribution in [0.5, 0.6) is 0 Å².